The second kappa shape index (κ2) is 3.09. The fourth-order valence-electron chi connectivity index (χ4n) is 1.95. The van der Waals surface area contributed by atoms with Crippen LogP contribution in [0.2, 0.25) is 0 Å². The van der Waals surface area contributed by atoms with Crippen LogP contribution in [0.15, 0.2) is 0 Å². The number of nitrogens with one attached hydrogen (secondary N) is 1. The zero-order valence-electron chi connectivity index (χ0n) is 6.75. The molecule has 0 aromatic heterocycles. The molecule has 3 nitrogen and oxygen atoms in total. The van der Waals surface area contributed by atoms with Gasteiger partial charge in [0, 0.05) is 18.6 Å². The minimum Gasteiger partial charge on any atom is -0.381 e. The molecule has 0 amide bonds. The number of nitrogens with two attached hydrogens (primary N) is 1. The maximum Gasteiger partial charge on any atom is 0.0510 e. The van der Waals surface area contributed by atoms with Crippen LogP contribution in [0.3, 0.4) is 0 Å². The third-order valence-electron chi connectivity index (χ3n) is 2.80. The van der Waals surface area contributed by atoms with E-state index in [0.717, 1.165) is 19.1 Å². The molecule has 0 spiro atoms. The second-order valence-electron chi connectivity index (χ2n) is 3.65. The maximum atomic E-state index is 5.49. The van der Waals surface area contributed by atoms with Crippen LogP contribution in [0.4, 0.5) is 0 Å². The fraction of sp³-hybridized carbons (Fsp3) is 1.00. The van der Waals surface area contributed by atoms with Crippen LogP contribution in [0, 0.1) is 11.8 Å². The molecule has 0 radical (unpaired) electrons. The SMILES string of the molecule is NNC(C1CC1)C1CCOC1. The molecule has 1 aliphatic carbocycles. The van der Waals surface area contributed by atoms with Gasteiger partial charge in [-0.1, -0.05) is 0 Å². The van der Waals surface area contributed by atoms with Crippen LogP contribution < -0.4 is 11.3 Å². The molecule has 2 rings (SSSR count). The molecule has 1 saturated carbocycles. The van der Waals surface area contributed by atoms with Gasteiger partial charge in [0.15, 0.2) is 0 Å². The highest BCUT2D eigenvalue weighted by Crippen LogP contribution is 2.37. The minimum atomic E-state index is 0.525. The molecule has 2 aliphatic rings. The summed E-state index contributed by atoms with van der Waals surface area (Å²) in [6, 6.07) is 0.525. The smallest absolute Gasteiger partial charge is 0.0510 e. The maximum absolute atomic E-state index is 5.49. The van der Waals surface area contributed by atoms with E-state index in [1.165, 1.54) is 19.3 Å². The van der Waals surface area contributed by atoms with Crippen LogP contribution in [-0.2, 0) is 4.74 Å². The molecule has 3 N–H and O–H groups in total. The van der Waals surface area contributed by atoms with E-state index in [9.17, 15) is 0 Å². The second-order valence-corrected chi connectivity index (χ2v) is 3.65. The Hall–Kier alpha value is -0.120. The van der Waals surface area contributed by atoms with Gasteiger partial charge in [-0.05, 0) is 25.2 Å². The van der Waals surface area contributed by atoms with Crippen molar-refractivity contribution in [2.75, 3.05) is 13.2 Å². The van der Waals surface area contributed by atoms with Crippen molar-refractivity contribution in [1.29, 1.82) is 0 Å². The van der Waals surface area contributed by atoms with Crippen LogP contribution in [0.5, 0.6) is 0 Å². The molecule has 0 aromatic carbocycles. The van der Waals surface area contributed by atoms with Crippen molar-refractivity contribution < 1.29 is 4.74 Å². The molecule has 64 valence electrons. The lowest BCUT2D eigenvalue weighted by Gasteiger charge is -2.20. The van der Waals surface area contributed by atoms with Crippen LogP contribution in [-0.4, -0.2) is 19.3 Å². The van der Waals surface area contributed by atoms with Gasteiger partial charge >= 0.3 is 0 Å². The average molecular weight is 156 g/mol. The standard InChI is InChI=1S/C8H16N2O/c9-10-8(6-1-2-6)7-3-4-11-5-7/h6-8,10H,1-5,9H2. The summed E-state index contributed by atoms with van der Waals surface area (Å²) in [6.07, 6.45) is 3.89. The zero-order chi connectivity index (χ0) is 7.68. The van der Waals surface area contributed by atoms with Gasteiger partial charge in [-0.15, -0.1) is 0 Å². The number of rotatable bonds is 3. The van der Waals surface area contributed by atoms with Gasteiger partial charge < -0.3 is 4.74 Å². The van der Waals surface area contributed by atoms with E-state index in [1.807, 2.05) is 0 Å². The first kappa shape index (κ1) is 7.53. The summed E-state index contributed by atoms with van der Waals surface area (Å²) >= 11 is 0. The highest BCUT2D eigenvalue weighted by Gasteiger charge is 2.37. The highest BCUT2D eigenvalue weighted by atomic mass is 16.5. The molecule has 2 unspecified atom stereocenters. The normalized spacial score (nSPS) is 34.1. The number of hydrazine groups is 1. The minimum absolute atomic E-state index is 0.525. The van der Waals surface area contributed by atoms with E-state index >= 15 is 0 Å². The summed E-state index contributed by atoms with van der Waals surface area (Å²) in [4.78, 5) is 0. The summed E-state index contributed by atoms with van der Waals surface area (Å²) in [5, 5.41) is 0. The topological polar surface area (TPSA) is 47.3 Å². The van der Waals surface area contributed by atoms with Crippen molar-refractivity contribution in [2.24, 2.45) is 17.7 Å². The zero-order valence-corrected chi connectivity index (χ0v) is 6.75. The van der Waals surface area contributed by atoms with E-state index in [0.29, 0.717) is 12.0 Å². The van der Waals surface area contributed by atoms with Crippen LogP contribution >= 0.6 is 0 Å². The molecule has 11 heavy (non-hydrogen) atoms. The molecule has 3 heteroatoms. The fourth-order valence-corrected chi connectivity index (χ4v) is 1.95. The lowest BCUT2D eigenvalue weighted by Crippen LogP contribution is -2.42. The number of ether oxygens (including phenoxy) is 1. The van der Waals surface area contributed by atoms with Crippen molar-refractivity contribution in [3.63, 3.8) is 0 Å². The quantitative estimate of drug-likeness (QED) is 0.455. The predicted molar refractivity (Wildman–Crippen MR) is 42.8 cm³/mol. The lowest BCUT2D eigenvalue weighted by atomic mass is 9.96. The summed E-state index contributed by atoms with van der Waals surface area (Å²) in [5.41, 5.74) is 2.93. The van der Waals surface area contributed by atoms with Crippen LogP contribution in [0.1, 0.15) is 19.3 Å². The van der Waals surface area contributed by atoms with E-state index in [-0.39, 0.29) is 0 Å². The summed E-state index contributed by atoms with van der Waals surface area (Å²) in [6.45, 7) is 1.83. The Morgan fingerprint density at radius 1 is 1.27 bits per heavy atom. The lowest BCUT2D eigenvalue weighted by molar-refractivity contribution is 0.173. The predicted octanol–water partition coefficient (Wildman–Crippen LogP) is 0.265. The largest absolute Gasteiger partial charge is 0.381 e. The molecule has 2 fully saturated rings. The van der Waals surface area contributed by atoms with Gasteiger partial charge in [-0.3, -0.25) is 11.3 Å². The van der Waals surface area contributed by atoms with E-state index in [1.54, 1.807) is 0 Å². The molecular weight excluding hydrogens is 140 g/mol. The Balaban J connectivity index is 1.87. The molecule has 0 aromatic rings. The van der Waals surface area contributed by atoms with E-state index in [4.69, 9.17) is 10.6 Å². The Bertz CT molecular complexity index is 130. The third kappa shape index (κ3) is 1.55. The molecule has 1 saturated heterocycles. The highest BCUT2D eigenvalue weighted by molar-refractivity contribution is 4.90. The Kier molecular flexibility index (Phi) is 2.11. The van der Waals surface area contributed by atoms with E-state index in [2.05, 4.69) is 5.43 Å². The Morgan fingerprint density at radius 2 is 2.09 bits per heavy atom. The summed E-state index contributed by atoms with van der Waals surface area (Å²) in [7, 11) is 0. The van der Waals surface area contributed by atoms with Gasteiger partial charge in [-0.2, -0.15) is 0 Å². The number of hydrogen-bond acceptors (Lipinski definition) is 3. The first-order valence-electron chi connectivity index (χ1n) is 4.45. The molecule has 1 aliphatic heterocycles. The van der Waals surface area contributed by atoms with Crippen molar-refractivity contribution in [2.45, 2.75) is 25.3 Å². The first-order valence-corrected chi connectivity index (χ1v) is 4.45. The monoisotopic (exact) mass is 156 g/mol. The number of hydrogen-bond donors (Lipinski definition) is 2. The van der Waals surface area contributed by atoms with Crippen molar-refractivity contribution >= 4 is 0 Å². The molecule has 1 heterocycles. The van der Waals surface area contributed by atoms with Gasteiger partial charge in [-0.25, -0.2) is 0 Å². The van der Waals surface area contributed by atoms with Gasteiger partial charge in [0.1, 0.15) is 0 Å². The van der Waals surface area contributed by atoms with Crippen molar-refractivity contribution in [1.82, 2.24) is 5.43 Å². The third-order valence-corrected chi connectivity index (χ3v) is 2.80. The van der Waals surface area contributed by atoms with Crippen molar-refractivity contribution in [3.05, 3.63) is 0 Å². The van der Waals surface area contributed by atoms with Gasteiger partial charge in [0.05, 0.1) is 6.61 Å². The first-order chi connectivity index (χ1) is 5.42. The van der Waals surface area contributed by atoms with Gasteiger partial charge in [0.2, 0.25) is 0 Å². The molecule has 0 bridgehead atoms. The van der Waals surface area contributed by atoms with Gasteiger partial charge in [0.25, 0.3) is 0 Å². The molecular formula is C8H16N2O. The Labute approximate surface area is 67.3 Å². The van der Waals surface area contributed by atoms with Crippen LogP contribution in [0.25, 0.3) is 0 Å². The summed E-state index contributed by atoms with van der Waals surface area (Å²) in [5.74, 6) is 7.00. The molecule has 2 atom stereocenters. The Morgan fingerprint density at radius 3 is 2.55 bits per heavy atom. The summed E-state index contributed by atoms with van der Waals surface area (Å²) < 4.78 is 5.32. The van der Waals surface area contributed by atoms with Crippen molar-refractivity contribution in [3.8, 4) is 0 Å². The average Bonchev–Trinajstić information content (AvgIpc) is 2.68. The van der Waals surface area contributed by atoms with E-state index < -0.39 is 0 Å².